The third kappa shape index (κ3) is 3.50. The molecule has 0 unspecified atom stereocenters. The highest BCUT2D eigenvalue weighted by molar-refractivity contribution is 6.35. The van der Waals surface area contributed by atoms with Crippen LogP contribution in [0, 0.1) is 5.92 Å². The van der Waals surface area contributed by atoms with Crippen LogP contribution >= 0.6 is 0 Å². The molecule has 0 bridgehead atoms. The molecule has 1 aliphatic heterocycles. The van der Waals surface area contributed by atoms with Gasteiger partial charge in [-0.3, -0.25) is 14.4 Å². The molecule has 3 aromatic carbocycles. The monoisotopic (exact) mass is 398 g/mol. The Labute approximate surface area is 175 Å². The van der Waals surface area contributed by atoms with E-state index < -0.39 is 5.91 Å². The van der Waals surface area contributed by atoms with Crippen molar-refractivity contribution >= 4 is 23.4 Å². The summed E-state index contributed by atoms with van der Waals surface area (Å²) < 4.78 is 0. The molecule has 0 saturated carbocycles. The van der Waals surface area contributed by atoms with Crippen LogP contribution in [0.1, 0.15) is 44.9 Å². The highest BCUT2D eigenvalue weighted by atomic mass is 16.2. The van der Waals surface area contributed by atoms with Crippen molar-refractivity contribution in [2.24, 2.45) is 5.92 Å². The minimum absolute atomic E-state index is 0.250. The van der Waals surface area contributed by atoms with E-state index in [4.69, 9.17) is 0 Å². The maximum atomic E-state index is 13.2. The van der Waals surface area contributed by atoms with Gasteiger partial charge in [0.05, 0.1) is 16.8 Å². The second-order valence-electron chi connectivity index (χ2n) is 7.69. The number of fused-ring (bicyclic) bond motifs is 1. The van der Waals surface area contributed by atoms with Crippen LogP contribution in [-0.2, 0) is 0 Å². The van der Waals surface area contributed by atoms with Gasteiger partial charge >= 0.3 is 0 Å². The van der Waals surface area contributed by atoms with Crippen molar-refractivity contribution < 1.29 is 14.4 Å². The Balaban J connectivity index is 1.71. The first-order valence-electron chi connectivity index (χ1n) is 9.93. The molecular weight excluding hydrogens is 376 g/mol. The number of imide groups is 1. The number of benzene rings is 3. The van der Waals surface area contributed by atoms with Crippen LogP contribution in [0.5, 0.6) is 0 Å². The Kier molecular flexibility index (Phi) is 5.19. The summed E-state index contributed by atoms with van der Waals surface area (Å²) in [7, 11) is 0. The molecule has 3 amide bonds. The molecule has 5 nitrogen and oxygen atoms in total. The summed E-state index contributed by atoms with van der Waals surface area (Å²) in [5, 5.41) is 2.84. The van der Waals surface area contributed by atoms with Crippen molar-refractivity contribution in [2.45, 2.75) is 13.8 Å². The smallest absolute Gasteiger partial charge is 0.266 e. The second-order valence-corrected chi connectivity index (χ2v) is 7.69. The molecule has 4 rings (SSSR count). The highest BCUT2D eigenvalue weighted by Crippen LogP contribution is 2.36. The van der Waals surface area contributed by atoms with Gasteiger partial charge in [-0.25, -0.2) is 4.90 Å². The number of rotatable bonds is 5. The van der Waals surface area contributed by atoms with Gasteiger partial charge in [0, 0.05) is 17.7 Å². The van der Waals surface area contributed by atoms with Crippen LogP contribution in [0.25, 0.3) is 11.1 Å². The van der Waals surface area contributed by atoms with Crippen molar-refractivity contribution in [3.8, 4) is 11.1 Å². The quantitative estimate of drug-likeness (QED) is 0.642. The standard InChI is InChI=1S/C25H22N2O3/c1-16(2)15-26-23(28)18-12-13-20-21(14-18)25(30)27(24(20)29)22-11-7-6-10-19(22)17-8-4-3-5-9-17/h3-14,16H,15H2,1-2H3,(H,26,28). The molecule has 150 valence electrons. The van der Waals surface area contributed by atoms with Gasteiger partial charge < -0.3 is 5.32 Å². The normalized spacial score (nSPS) is 13.0. The first kappa shape index (κ1) is 19.6. The summed E-state index contributed by atoms with van der Waals surface area (Å²) in [5.41, 5.74) is 3.17. The number of carbonyl (C=O) groups is 3. The topological polar surface area (TPSA) is 66.5 Å². The molecule has 0 spiro atoms. The van der Waals surface area contributed by atoms with Gasteiger partial charge in [0.15, 0.2) is 0 Å². The van der Waals surface area contributed by atoms with Gasteiger partial charge in [-0.2, -0.15) is 0 Å². The van der Waals surface area contributed by atoms with E-state index in [2.05, 4.69) is 5.32 Å². The van der Waals surface area contributed by atoms with Crippen LogP contribution in [0.3, 0.4) is 0 Å². The zero-order valence-corrected chi connectivity index (χ0v) is 16.9. The Bertz CT molecular complexity index is 1140. The summed E-state index contributed by atoms with van der Waals surface area (Å²) >= 11 is 0. The number of anilines is 1. The minimum Gasteiger partial charge on any atom is -0.352 e. The summed E-state index contributed by atoms with van der Waals surface area (Å²) in [6.45, 7) is 4.56. The molecule has 30 heavy (non-hydrogen) atoms. The lowest BCUT2D eigenvalue weighted by Crippen LogP contribution is -2.30. The molecule has 0 radical (unpaired) electrons. The third-order valence-electron chi connectivity index (χ3n) is 5.05. The first-order chi connectivity index (χ1) is 14.5. The fourth-order valence-corrected chi connectivity index (χ4v) is 3.53. The number of para-hydroxylation sites is 1. The lowest BCUT2D eigenvalue weighted by atomic mass is 10.0. The molecule has 0 atom stereocenters. The molecule has 1 N–H and O–H groups in total. The maximum Gasteiger partial charge on any atom is 0.266 e. The number of nitrogens with zero attached hydrogens (tertiary/aromatic N) is 1. The summed E-state index contributed by atoms with van der Waals surface area (Å²) in [6, 6.07) is 21.6. The predicted molar refractivity (Wildman–Crippen MR) is 117 cm³/mol. The Hall–Kier alpha value is -3.73. The van der Waals surface area contributed by atoms with Gasteiger partial charge in [0.2, 0.25) is 0 Å². The maximum absolute atomic E-state index is 13.2. The van der Waals surface area contributed by atoms with Crippen LogP contribution in [-0.4, -0.2) is 24.3 Å². The van der Waals surface area contributed by atoms with E-state index in [9.17, 15) is 14.4 Å². The lowest BCUT2D eigenvalue weighted by molar-refractivity contribution is 0.0923. The van der Waals surface area contributed by atoms with Crippen molar-refractivity contribution in [3.63, 3.8) is 0 Å². The molecule has 1 aliphatic rings. The van der Waals surface area contributed by atoms with Crippen molar-refractivity contribution in [1.82, 2.24) is 5.32 Å². The van der Waals surface area contributed by atoms with Gasteiger partial charge in [-0.05, 0) is 35.7 Å². The van der Waals surface area contributed by atoms with Crippen molar-refractivity contribution in [1.29, 1.82) is 0 Å². The molecule has 0 aromatic heterocycles. The average molecular weight is 398 g/mol. The van der Waals surface area contributed by atoms with Crippen LogP contribution in [0.2, 0.25) is 0 Å². The van der Waals surface area contributed by atoms with E-state index >= 15 is 0 Å². The van der Waals surface area contributed by atoms with E-state index in [-0.39, 0.29) is 17.4 Å². The third-order valence-corrected chi connectivity index (χ3v) is 5.05. The number of nitrogens with one attached hydrogen (secondary N) is 1. The molecule has 1 heterocycles. The van der Waals surface area contributed by atoms with E-state index in [1.165, 1.54) is 11.0 Å². The predicted octanol–water partition coefficient (Wildman–Crippen LogP) is 4.54. The molecule has 5 heteroatoms. The largest absolute Gasteiger partial charge is 0.352 e. The number of amides is 3. The van der Waals surface area contributed by atoms with E-state index in [1.54, 1.807) is 24.3 Å². The fraction of sp³-hybridized carbons (Fsp3) is 0.160. The van der Waals surface area contributed by atoms with Crippen molar-refractivity contribution in [3.05, 3.63) is 89.5 Å². The number of hydrogen-bond donors (Lipinski definition) is 1. The molecule has 0 aliphatic carbocycles. The second kappa shape index (κ2) is 7.95. The van der Waals surface area contributed by atoms with Gasteiger partial charge in [0.1, 0.15) is 0 Å². The Morgan fingerprint density at radius 3 is 2.23 bits per heavy atom. The zero-order valence-electron chi connectivity index (χ0n) is 16.9. The van der Waals surface area contributed by atoms with Crippen LogP contribution in [0.15, 0.2) is 72.8 Å². The van der Waals surface area contributed by atoms with Crippen LogP contribution in [0.4, 0.5) is 5.69 Å². The van der Waals surface area contributed by atoms with Gasteiger partial charge in [0.25, 0.3) is 17.7 Å². The van der Waals surface area contributed by atoms with Gasteiger partial charge in [-0.15, -0.1) is 0 Å². The Morgan fingerprint density at radius 1 is 0.833 bits per heavy atom. The number of hydrogen-bond acceptors (Lipinski definition) is 3. The Morgan fingerprint density at radius 2 is 1.50 bits per heavy atom. The molecule has 0 fully saturated rings. The fourth-order valence-electron chi connectivity index (χ4n) is 3.53. The lowest BCUT2D eigenvalue weighted by Gasteiger charge is -2.18. The molecule has 3 aromatic rings. The van der Waals surface area contributed by atoms with E-state index in [0.717, 1.165) is 11.1 Å². The highest BCUT2D eigenvalue weighted by Gasteiger charge is 2.38. The SMILES string of the molecule is CC(C)CNC(=O)c1ccc2c(c1)C(=O)N(c1ccccc1-c1ccccc1)C2=O. The minimum atomic E-state index is -0.420. The van der Waals surface area contributed by atoms with Gasteiger partial charge in [-0.1, -0.05) is 62.4 Å². The van der Waals surface area contributed by atoms with E-state index in [0.29, 0.717) is 29.3 Å². The molecule has 0 saturated heterocycles. The summed E-state index contributed by atoms with van der Waals surface area (Å²) in [6.07, 6.45) is 0. The zero-order chi connectivity index (χ0) is 21.3. The first-order valence-corrected chi connectivity index (χ1v) is 9.93. The van der Waals surface area contributed by atoms with Crippen molar-refractivity contribution in [2.75, 3.05) is 11.4 Å². The molecular formula is C25H22N2O3. The van der Waals surface area contributed by atoms with Crippen LogP contribution < -0.4 is 10.2 Å². The van der Waals surface area contributed by atoms with E-state index in [1.807, 2.05) is 56.3 Å². The summed E-state index contributed by atoms with van der Waals surface area (Å²) in [5.74, 6) is -0.740. The summed E-state index contributed by atoms with van der Waals surface area (Å²) in [4.78, 5) is 39.9. The number of carbonyl (C=O) groups excluding carboxylic acids is 3. The average Bonchev–Trinajstić information content (AvgIpc) is 3.02.